The van der Waals surface area contributed by atoms with Crippen LogP contribution in [0.4, 0.5) is 0 Å². The Labute approximate surface area is 113 Å². The third kappa shape index (κ3) is 2.04. The summed E-state index contributed by atoms with van der Waals surface area (Å²) in [5.41, 5.74) is 0.418. The Morgan fingerprint density at radius 3 is 2.53 bits per heavy atom. The number of esters is 1. The first kappa shape index (κ1) is 14.0. The van der Waals surface area contributed by atoms with E-state index in [0.717, 1.165) is 5.56 Å². The highest BCUT2D eigenvalue weighted by Gasteiger charge is 2.45. The van der Waals surface area contributed by atoms with Crippen molar-refractivity contribution in [3.05, 3.63) is 29.3 Å². The van der Waals surface area contributed by atoms with Gasteiger partial charge in [0.2, 0.25) is 0 Å². The second-order valence-corrected chi connectivity index (χ2v) is 7.09. The molecule has 0 aromatic heterocycles. The van der Waals surface area contributed by atoms with E-state index in [1.54, 1.807) is 12.1 Å². The Morgan fingerprint density at radius 2 is 2.00 bits per heavy atom. The molecule has 1 aliphatic heterocycles. The van der Waals surface area contributed by atoms with Crippen LogP contribution in [-0.2, 0) is 20.1 Å². The summed E-state index contributed by atoms with van der Waals surface area (Å²) in [6.07, 6.45) is 0. The zero-order chi connectivity index (χ0) is 14.4. The molecule has 19 heavy (non-hydrogen) atoms. The minimum absolute atomic E-state index is 0.0208. The number of hydrogen-bond donors (Lipinski definition) is 0. The number of nitrogens with zero attached hydrogens (tertiary/aromatic N) is 1. The molecule has 0 saturated carbocycles. The van der Waals surface area contributed by atoms with E-state index in [1.165, 1.54) is 13.2 Å². The molecule has 1 atom stereocenters. The number of carbonyl (C=O) groups is 1. The molecule has 0 amide bonds. The Morgan fingerprint density at radius 1 is 1.37 bits per heavy atom. The minimum Gasteiger partial charge on any atom is -0.465 e. The van der Waals surface area contributed by atoms with Crippen LogP contribution in [-0.4, -0.2) is 46.2 Å². The van der Waals surface area contributed by atoms with Crippen LogP contribution in [0, 0.1) is 0 Å². The molecular formula is C13H17NO4S. The standard InChI is InChI=1S/C13H17NO4S/c1-13(14(2)3)8-19(16,17)11-7-9(12(15)18-4)5-6-10(11)13/h5-7H,8H2,1-4H3. The maximum absolute atomic E-state index is 12.3. The molecule has 1 aliphatic rings. The molecule has 1 unspecified atom stereocenters. The number of hydrogen-bond acceptors (Lipinski definition) is 5. The highest BCUT2D eigenvalue weighted by atomic mass is 32.2. The van der Waals surface area contributed by atoms with Gasteiger partial charge in [0.05, 0.1) is 28.9 Å². The molecule has 1 aromatic rings. The second kappa shape index (κ2) is 4.31. The van der Waals surface area contributed by atoms with Gasteiger partial charge in [-0.15, -0.1) is 0 Å². The van der Waals surface area contributed by atoms with Gasteiger partial charge in [-0.05, 0) is 38.7 Å². The fourth-order valence-corrected chi connectivity index (χ4v) is 4.60. The van der Waals surface area contributed by atoms with Crippen LogP contribution in [0.25, 0.3) is 0 Å². The van der Waals surface area contributed by atoms with Crippen molar-refractivity contribution in [3.63, 3.8) is 0 Å². The van der Waals surface area contributed by atoms with E-state index < -0.39 is 21.3 Å². The first-order valence-corrected chi connectivity index (χ1v) is 7.50. The van der Waals surface area contributed by atoms with E-state index in [-0.39, 0.29) is 16.2 Å². The Hall–Kier alpha value is -1.40. The topological polar surface area (TPSA) is 63.7 Å². The number of ether oxygens (including phenoxy) is 1. The van der Waals surface area contributed by atoms with Gasteiger partial charge in [0.1, 0.15) is 0 Å². The lowest BCUT2D eigenvalue weighted by Crippen LogP contribution is -2.40. The molecule has 0 spiro atoms. The molecule has 2 rings (SSSR count). The van der Waals surface area contributed by atoms with Crippen molar-refractivity contribution in [1.82, 2.24) is 4.90 Å². The third-order valence-corrected chi connectivity index (χ3v) is 5.73. The largest absolute Gasteiger partial charge is 0.465 e. The molecule has 5 nitrogen and oxygen atoms in total. The molecule has 0 bridgehead atoms. The molecule has 1 aromatic carbocycles. The van der Waals surface area contributed by atoms with Gasteiger partial charge in [-0.25, -0.2) is 13.2 Å². The molecule has 1 heterocycles. The van der Waals surface area contributed by atoms with Crippen molar-refractivity contribution in [2.24, 2.45) is 0 Å². The Kier molecular flexibility index (Phi) is 3.18. The SMILES string of the molecule is COC(=O)c1ccc2c(c1)S(=O)(=O)CC2(C)N(C)C. The lowest BCUT2D eigenvalue weighted by Gasteiger charge is -2.32. The summed E-state index contributed by atoms with van der Waals surface area (Å²) >= 11 is 0. The maximum atomic E-state index is 12.3. The second-order valence-electron chi connectivity index (χ2n) is 5.13. The number of fused-ring (bicyclic) bond motifs is 1. The van der Waals surface area contributed by atoms with E-state index in [4.69, 9.17) is 0 Å². The summed E-state index contributed by atoms with van der Waals surface area (Å²) in [7, 11) is 1.59. The maximum Gasteiger partial charge on any atom is 0.337 e. The number of carbonyl (C=O) groups excluding carboxylic acids is 1. The van der Waals surface area contributed by atoms with Gasteiger partial charge < -0.3 is 4.74 Å². The van der Waals surface area contributed by atoms with Crippen LogP contribution in [0.15, 0.2) is 23.1 Å². The zero-order valence-electron chi connectivity index (χ0n) is 11.4. The Balaban J connectivity index is 2.66. The number of benzene rings is 1. The molecular weight excluding hydrogens is 266 g/mol. The molecule has 104 valence electrons. The fraction of sp³-hybridized carbons (Fsp3) is 0.462. The van der Waals surface area contributed by atoms with Crippen LogP contribution in [0.1, 0.15) is 22.8 Å². The van der Waals surface area contributed by atoms with E-state index in [0.29, 0.717) is 0 Å². The summed E-state index contributed by atoms with van der Waals surface area (Å²) in [4.78, 5) is 13.6. The van der Waals surface area contributed by atoms with Crippen LogP contribution in [0.3, 0.4) is 0 Å². The molecule has 0 radical (unpaired) electrons. The van der Waals surface area contributed by atoms with Gasteiger partial charge in [-0.1, -0.05) is 6.07 Å². The first-order chi connectivity index (χ1) is 8.72. The van der Waals surface area contributed by atoms with E-state index in [1.807, 2.05) is 25.9 Å². The van der Waals surface area contributed by atoms with Crippen LogP contribution in [0.5, 0.6) is 0 Å². The summed E-state index contributed by atoms with van der Waals surface area (Å²) in [6.45, 7) is 1.88. The Bertz CT molecular complexity index is 636. The van der Waals surface area contributed by atoms with Gasteiger partial charge in [0.25, 0.3) is 0 Å². The minimum atomic E-state index is -3.37. The van der Waals surface area contributed by atoms with Crippen molar-refractivity contribution < 1.29 is 17.9 Å². The number of rotatable bonds is 2. The lowest BCUT2D eigenvalue weighted by molar-refractivity contribution is 0.0600. The normalized spacial score (nSPS) is 24.3. The third-order valence-electron chi connectivity index (χ3n) is 3.78. The van der Waals surface area contributed by atoms with Crippen molar-refractivity contribution >= 4 is 15.8 Å². The van der Waals surface area contributed by atoms with Gasteiger partial charge in [0.15, 0.2) is 9.84 Å². The van der Waals surface area contributed by atoms with Crippen molar-refractivity contribution in [2.45, 2.75) is 17.4 Å². The molecule has 0 saturated heterocycles. The summed E-state index contributed by atoms with van der Waals surface area (Å²) in [5.74, 6) is -0.510. The van der Waals surface area contributed by atoms with E-state index in [9.17, 15) is 13.2 Å². The van der Waals surface area contributed by atoms with E-state index >= 15 is 0 Å². The highest BCUT2D eigenvalue weighted by Crippen LogP contribution is 2.41. The average Bonchev–Trinajstić information content (AvgIpc) is 2.56. The number of sulfone groups is 1. The first-order valence-electron chi connectivity index (χ1n) is 5.85. The predicted octanol–water partition coefficient (Wildman–Crippen LogP) is 1.04. The highest BCUT2D eigenvalue weighted by molar-refractivity contribution is 7.91. The smallest absolute Gasteiger partial charge is 0.337 e. The van der Waals surface area contributed by atoms with Crippen molar-refractivity contribution in [3.8, 4) is 0 Å². The van der Waals surface area contributed by atoms with E-state index in [2.05, 4.69) is 4.74 Å². The molecule has 6 heteroatoms. The van der Waals surface area contributed by atoms with Crippen LogP contribution in [0.2, 0.25) is 0 Å². The summed E-state index contributed by atoms with van der Waals surface area (Å²) in [5, 5.41) is 0. The quantitative estimate of drug-likeness (QED) is 0.759. The van der Waals surface area contributed by atoms with Crippen LogP contribution < -0.4 is 0 Å². The van der Waals surface area contributed by atoms with Gasteiger partial charge in [0, 0.05) is 0 Å². The number of methoxy groups -OCH3 is 1. The zero-order valence-corrected chi connectivity index (χ0v) is 12.2. The molecule has 0 aliphatic carbocycles. The van der Waals surface area contributed by atoms with Crippen molar-refractivity contribution in [1.29, 1.82) is 0 Å². The van der Waals surface area contributed by atoms with Gasteiger partial charge in [-0.3, -0.25) is 4.90 Å². The monoisotopic (exact) mass is 283 g/mol. The average molecular weight is 283 g/mol. The van der Waals surface area contributed by atoms with Crippen molar-refractivity contribution in [2.75, 3.05) is 27.0 Å². The predicted molar refractivity (Wildman–Crippen MR) is 70.9 cm³/mol. The summed E-state index contributed by atoms with van der Waals surface area (Å²) < 4.78 is 29.1. The van der Waals surface area contributed by atoms with Gasteiger partial charge in [-0.2, -0.15) is 0 Å². The summed E-state index contributed by atoms with van der Waals surface area (Å²) in [6, 6.07) is 4.71. The molecule has 0 fully saturated rings. The lowest BCUT2D eigenvalue weighted by atomic mass is 9.92. The van der Waals surface area contributed by atoms with Gasteiger partial charge >= 0.3 is 5.97 Å². The fourth-order valence-electron chi connectivity index (χ4n) is 2.36. The molecule has 0 N–H and O–H groups in total. The van der Waals surface area contributed by atoms with Crippen LogP contribution >= 0.6 is 0 Å².